The molecule has 0 spiro atoms. The zero-order valence-electron chi connectivity index (χ0n) is 24.5. The number of carbonyl (C=O) groups excluding carboxylic acids is 1. The number of alkyl halides is 3. The van der Waals surface area contributed by atoms with Gasteiger partial charge in [-0.2, -0.15) is 13.2 Å². The lowest BCUT2D eigenvalue weighted by atomic mass is 9.95. The number of hydrogen-bond acceptors (Lipinski definition) is 5. The van der Waals surface area contributed by atoms with Crippen molar-refractivity contribution in [3.8, 4) is 5.75 Å². The highest BCUT2D eigenvalue weighted by molar-refractivity contribution is 6.34. The number of benzene rings is 2. The molecular weight excluding hydrogens is 643 g/mol. The van der Waals surface area contributed by atoms with Crippen LogP contribution in [0.3, 0.4) is 0 Å². The van der Waals surface area contributed by atoms with E-state index < -0.39 is 35.9 Å². The van der Waals surface area contributed by atoms with E-state index in [9.17, 15) is 27.9 Å². The summed E-state index contributed by atoms with van der Waals surface area (Å²) in [4.78, 5) is 37.2. The van der Waals surface area contributed by atoms with Gasteiger partial charge in [0.05, 0.1) is 12.2 Å². The minimum Gasteiger partial charge on any atom is -0.493 e. The molecule has 2 heterocycles. The highest BCUT2D eigenvalue weighted by Gasteiger charge is 2.39. The second-order valence-corrected chi connectivity index (χ2v) is 12.5. The van der Waals surface area contributed by atoms with Gasteiger partial charge in [0.15, 0.2) is 0 Å². The van der Waals surface area contributed by atoms with Gasteiger partial charge in [0, 0.05) is 28.7 Å². The maximum atomic E-state index is 15.2. The monoisotopic (exact) mass is 676 g/mol. The molecule has 14 heteroatoms. The molecule has 246 valence electrons. The summed E-state index contributed by atoms with van der Waals surface area (Å²) in [7, 11) is 0. The first kappa shape index (κ1) is 34.8. The molecule has 1 aliphatic carbocycles. The summed E-state index contributed by atoms with van der Waals surface area (Å²) in [5.74, 6) is -3.92. The zero-order chi connectivity index (χ0) is 33.1. The number of carboxylic acid groups (broad SMARTS) is 2. The molecule has 2 aromatic carbocycles. The van der Waals surface area contributed by atoms with Gasteiger partial charge in [-0.3, -0.25) is 9.69 Å². The third kappa shape index (κ3) is 9.01. The fourth-order valence-electron chi connectivity index (χ4n) is 5.74. The van der Waals surface area contributed by atoms with Crippen molar-refractivity contribution in [2.24, 2.45) is 5.92 Å². The number of aliphatic carboxylic acids is 2. The predicted octanol–water partition coefficient (Wildman–Crippen LogP) is 7.18. The van der Waals surface area contributed by atoms with Crippen molar-refractivity contribution >= 4 is 41.0 Å². The molecule has 5 rings (SSSR count). The first-order chi connectivity index (χ1) is 21.1. The molecule has 1 amide bonds. The first-order valence-corrected chi connectivity index (χ1v) is 15.4. The Labute approximate surface area is 267 Å². The Balaban J connectivity index is 0.000000591. The van der Waals surface area contributed by atoms with E-state index in [1.807, 2.05) is 12.1 Å². The van der Waals surface area contributed by atoms with E-state index in [2.05, 4.69) is 11.8 Å². The molecule has 3 fully saturated rings. The van der Waals surface area contributed by atoms with Crippen LogP contribution in [0, 0.1) is 11.7 Å². The van der Waals surface area contributed by atoms with Crippen LogP contribution in [-0.2, 0) is 9.59 Å². The van der Waals surface area contributed by atoms with Crippen LogP contribution in [0.1, 0.15) is 78.9 Å². The largest absolute Gasteiger partial charge is 0.493 e. The predicted molar refractivity (Wildman–Crippen MR) is 158 cm³/mol. The van der Waals surface area contributed by atoms with Crippen molar-refractivity contribution in [2.75, 3.05) is 26.2 Å². The van der Waals surface area contributed by atoms with Gasteiger partial charge in [-0.1, -0.05) is 23.2 Å². The molecule has 8 nitrogen and oxygen atoms in total. The van der Waals surface area contributed by atoms with Crippen molar-refractivity contribution in [1.82, 2.24) is 9.80 Å². The Hall–Kier alpha value is -3.09. The maximum absolute atomic E-state index is 15.2. The van der Waals surface area contributed by atoms with E-state index in [4.69, 9.17) is 37.8 Å². The molecule has 2 saturated heterocycles. The van der Waals surface area contributed by atoms with Gasteiger partial charge >= 0.3 is 18.1 Å². The van der Waals surface area contributed by atoms with Crippen molar-refractivity contribution in [1.29, 1.82) is 0 Å². The Bertz CT molecular complexity index is 1390. The lowest BCUT2D eigenvalue weighted by Gasteiger charge is -2.36. The van der Waals surface area contributed by atoms with E-state index in [1.54, 1.807) is 12.1 Å². The Morgan fingerprint density at radius 2 is 1.56 bits per heavy atom. The van der Waals surface area contributed by atoms with Crippen molar-refractivity contribution in [3.63, 3.8) is 0 Å². The average molecular weight is 678 g/mol. The van der Waals surface area contributed by atoms with Crippen LogP contribution >= 0.6 is 23.2 Å². The lowest BCUT2D eigenvalue weighted by molar-refractivity contribution is -0.192. The van der Waals surface area contributed by atoms with E-state index in [-0.39, 0.29) is 17.5 Å². The summed E-state index contributed by atoms with van der Waals surface area (Å²) in [5, 5.41) is 17.8. The van der Waals surface area contributed by atoms with Crippen LogP contribution in [0.2, 0.25) is 10.0 Å². The fraction of sp³-hybridized carbons (Fsp3) is 0.516. The van der Waals surface area contributed by atoms with Crippen LogP contribution in [0.15, 0.2) is 30.3 Å². The number of piperidine rings is 1. The molecule has 2 atom stereocenters. The molecule has 0 bridgehead atoms. The van der Waals surface area contributed by atoms with Crippen molar-refractivity contribution in [3.05, 3.63) is 62.9 Å². The topological polar surface area (TPSA) is 107 Å². The van der Waals surface area contributed by atoms with Crippen LogP contribution in [0.5, 0.6) is 5.75 Å². The summed E-state index contributed by atoms with van der Waals surface area (Å²) in [6.45, 7) is 4.81. The molecule has 0 radical (unpaired) electrons. The van der Waals surface area contributed by atoms with Gasteiger partial charge in [-0.25, -0.2) is 14.0 Å². The van der Waals surface area contributed by atoms with Crippen LogP contribution in [-0.4, -0.2) is 76.3 Å². The van der Waals surface area contributed by atoms with E-state index in [0.717, 1.165) is 49.9 Å². The van der Waals surface area contributed by atoms with Gasteiger partial charge in [-0.15, -0.1) is 0 Å². The van der Waals surface area contributed by atoms with Crippen molar-refractivity contribution < 1.29 is 46.9 Å². The number of hydrogen-bond donors (Lipinski definition) is 2. The number of likely N-dealkylation sites (tertiary alicyclic amines) is 2. The highest BCUT2D eigenvalue weighted by atomic mass is 35.5. The number of rotatable bonds is 8. The molecule has 1 saturated carbocycles. The molecule has 3 aliphatic rings. The number of ether oxygens (including phenoxy) is 1. The van der Waals surface area contributed by atoms with E-state index in [1.165, 1.54) is 11.0 Å². The SMILES string of the molecule is CC(c1cc(Cl)cc(Cl)c1)N1CCC(COc2cc(F)c(C(=O)N3CCC[C@H]3C(=O)O)cc2C2CC2)CC1.O=C(O)C(F)(F)F. The summed E-state index contributed by atoms with van der Waals surface area (Å²) in [6.07, 6.45) is -0.221. The lowest BCUT2D eigenvalue weighted by Crippen LogP contribution is -2.40. The molecule has 1 unspecified atom stereocenters. The Morgan fingerprint density at radius 3 is 2.09 bits per heavy atom. The third-order valence-corrected chi connectivity index (χ3v) is 8.86. The van der Waals surface area contributed by atoms with Crippen LogP contribution in [0.25, 0.3) is 0 Å². The standard InChI is InChI=1S/C29H33Cl2FN2O4.C2HF3O2/c1-17(20-11-21(30)13-22(31)12-20)33-9-6-18(7-10-33)16-38-27-15-25(32)24(14-23(27)19-4-5-19)28(35)34-8-2-3-26(34)29(36)37;3-2(4,5)1(6)7/h11-15,17-19,26H,2-10,16H2,1H3,(H,36,37);(H,6,7)/t17?,26-;/m0./s1. The summed E-state index contributed by atoms with van der Waals surface area (Å²) in [6, 6.07) is 7.89. The summed E-state index contributed by atoms with van der Waals surface area (Å²) < 4.78 is 53.1. The Morgan fingerprint density at radius 1 is 0.956 bits per heavy atom. The summed E-state index contributed by atoms with van der Waals surface area (Å²) >= 11 is 12.4. The van der Waals surface area contributed by atoms with Crippen LogP contribution < -0.4 is 4.74 Å². The molecule has 0 aromatic heterocycles. The number of carbonyl (C=O) groups is 3. The van der Waals surface area contributed by atoms with Crippen molar-refractivity contribution in [2.45, 2.75) is 69.6 Å². The molecule has 2 N–H and O–H groups in total. The smallest absolute Gasteiger partial charge is 0.490 e. The molecule has 2 aliphatic heterocycles. The van der Waals surface area contributed by atoms with Gasteiger partial charge < -0.3 is 19.8 Å². The fourth-order valence-corrected chi connectivity index (χ4v) is 6.28. The number of carboxylic acids is 2. The second-order valence-electron chi connectivity index (χ2n) is 11.6. The second kappa shape index (κ2) is 14.6. The zero-order valence-corrected chi connectivity index (χ0v) is 26.0. The van der Waals surface area contributed by atoms with E-state index >= 15 is 4.39 Å². The van der Waals surface area contributed by atoms with Crippen LogP contribution in [0.4, 0.5) is 17.6 Å². The van der Waals surface area contributed by atoms with Gasteiger partial charge in [0.2, 0.25) is 0 Å². The average Bonchev–Trinajstić information content (AvgIpc) is 3.69. The van der Waals surface area contributed by atoms with Gasteiger partial charge in [0.1, 0.15) is 17.6 Å². The molecule has 45 heavy (non-hydrogen) atoms. The summed E-state index contributed by atoms with van der Waals surface area (Å²) in [5.41, 5.74) is 1.89. The highest BCUT2D eigenvalue weighted by Crippen LogP contribution is 2.45. The number of halogens is 6. The van der Waals surface area contributed by atoms with E-state index in [0.29, 0.717) is 47.7 Å². The normalized spacial score (nSPS) is 19.9. The first-order valence-electron chi connectivity index (χ1n) is 14.7. The number of amides is 1. The quantitative estimate of drug-likeness (QED) is 0.285. The Kier molecular flexibility index (Phi) is 11.2. The number of nitrogens with zero attached hydrogens (tertiary/aromatic N) is 2. The third-order valence-electron chi connectivity index (χ3n) is 8.43. The molecular formula is C31H34Cl2F4N2O6. The van der Waals surface area contributed by atoms with Gasteiger partial charge in [-0.05, 0) is 106 Å². The molecule has 2 aromatic rings. The maximum Gasteiger partial charge on any atom is 0.490 e. The van der Waals surface area contributed by atoms with Gasteiger partial charge in [0.25, 0.3) is 5.91 Å². The minimum absolute atomic E-state index is 0.0594. The minimum atomic E-state index is -5.08.